The maximum Gasteiger partial charge on any atom is 0.343 e. The molecule has 0 saturated carbocycles. The zero-order valence-corrected chi connectivity index (χ0v) is 15.7. The van der Waals surface area contributed by atoms with Crippen molar-refractivity contribution in [2.75, 3.05) is 18.5 Å². The summed E-state index contributed by atoms with van der Waals surface area (Å²) < 4.78 is 9.86. The molecule has 0 aliphatic carbocycles. The fourth-order valence-electron chi connectivity index (χ4n) is 1.78. The summed E-state index contributed by atoms with van der Waals surface area (Å²) in [5, 5.41) is 3.02. The van der Waals surface area contributed by atoms with E-state index in [4.69, 9.17) is 32.7 Å². The molecule has 0 aliphatic heterocycles. The highest BCUT2D eigenvalue weighted by Crippen LogP contribution is 2.31. The lowest BCUT2D eigenvalue weighted by Crippen LogP contribution is -2.15. The molecule has 1 rings (SSSR count). The van der Waals surface area contributed by atoms with Crippen LogP contribution in [0.2, 0.25) is 10.0 Å². The summed E-state index contributed by atoms with van der Waals surface area (Å²) in [5.41, 5.74) is 0.146. The predicted molar refractivity (Wildman–Crippen MR) is 96.1 cm³/mol. The topological polar surface area (TPSA) is 81.7 Å². The number of nitrogens with one attached hydrogen (secondary N) is 1. The molecule has 0 aliphatic rings. The number of carbonyl (C=O) groups is 3. The van der Waals surface area contributed by atoms with Crippen LogP contribution in [-0.4, -0.2) is 30.9 Å². The first-order valence-corrected chi connectivity index (χ1v) is 8.38. The first kappa shape index (κ1) is 21.0. The fourth-order valence-corrected chi connectivity index (χ4v) is 2.24. The summed E-state index contributed by atoms with van der Waals surface area (Å²) >= 11 is 12.2. The van der Waals surface area contributed by atoms with Crippen molar-refractivity contribution >= 4 is 46.6 Å². The molecule has 0 saturated heterocycles. The molecule has 1 N–H and O–H groups in total. The van der Waals surface area contributed by atoms with Gasteiger partial charge >= 0.3 is 11.9 Å². The molecular weight excluding hydrogens is 369 g/mol. The number of carbonyl (C=O) groups excluding carboxylic acids is 3. The fraction of sp³-hybridized carbons (Fsp3) is 0.353. The van der Waals surface area contributed by atoms with Crippen molar-refractivity contribution in [2.24, 2.45) is 0 Å². The molecule has 25 heavy (non-hydrogen) atoms. The van der Waals surface area contributed by atoms with Crippen LogP contribution in [0.1, 0.15) is 37.6 Å². The number of ketones is 1. The van der Waals surface area contributed by atoms with Gasteiger partial charge in [-0.05, 0) is 32.4 Å². The van der Waals surface area contributed by atoms with Crippen molar-refractivity contribution in [1.82, 2.24) is 0 Å². The SMILES string of the molecule is CCCOC(=O)c1cc(Cl)cc(NC=C(C(C)=O)C(=O)OCC)c1Cl. The number of benzene rings is 1. The van der Waals surface area contributed by atoms with Crippen molar-refractivity contribution < 1.29 is 23.9 Å². The normalized spacial score (nSPS) is 11.0. The van der Waals surface area contributed by atoms with Gasteiger partial charge in [0, 0.05) is 11.2 Å². The van der Waals surface area contributed by atoms with E-state index in [0.29, 0.717) is 6.42 Å². The Bertz CT molecular complexity index is 701. The largest absolute Gasteiger partial charge is 0.462 e. The zero-order valence-electron chi connectivity index (χ0n) is 14.2. The van der Waals surface area contributed by atoms with Gasteiger partial charge < -0.3 is 14.8 Å². The molecule has 0 spiro atoms. The summed E-state index contributed by atoms with van der Waals surface area (Å²) in [6.07, 6.45) is 1.83. The maximum absolute atomic E-state index is 12.0. The molecule has 0 aromatic heterocycles. The zero-order chi connectivity index (χ0) is 19.0. The van der Waals surface area contributed by atoms with E-state index in [0.717, 1.165) is 0 Å². The number of halogens is 2. The Labute approximate surface area is 156 Å². The number of ether oxygens (including phenoxy) is 2. The number of rotatable bonds is 8. The van der Waals surface area contributed by atoms with E-state index in [1.54, 1.807) is 6.92 Å². The van der Waals surface area contributed by atoms with Gasteiger partial charge in [0.1, 0.15) is 5.57 Å². The number of anilines is 1. The van der Waals surface area contributed by atoms with Crippen molar-refractivity contribution in [3.05, 3.63) is 39.5 Å². The van der Waals surface area contributed by atoms with Gasteiger partial charge in [-0.3, -0.25) is 4.79 Å². The van der Waals surface area contributed by atoms with Gasteiger partial charge in [-0.25, -0.2) is 9.59 Å². The predicted octanol–water partition coefficient (Wildman–Crippen LogP) is 4.01. The van der Waals surface area contributed by atoms with Crippen molar-refractivity contribution in [2.45, 2.75) is 27.2 Å². The van der Waals surface area contributed by atoms with Crippen molar-refractivity contribution in [1.29, 1.82) is 0 Å². The van der Waals surface area contributed by atoms with Crippen molar-refractivity contribution in [3.8, 4) is 0 Å². The third-order valence-electron chi connectivity index (χ3n) is 2.94. The minimum atomic E-state index is -0.761. The second kappa shape index (κ2) is 10.1. The van der Waals surface area contributed by atoms with Crippen LogP contribution < -0.4 is 5.32 Å². The summed E-state index contributed by atoms with van der Waals surface area (Å²) in [5.74, 6) is -1.85. The second-order valence-corrected chi connectivity index (χ2v) is 5.74. The Morgan fingerprint density at radius 3 is 2.40 bits per heavy atom. The van der Waals surface area contributed by atoms with Crippen LogP contribution in [-0.2, 0) is 19.1 Å². The molecule has 0 radical (unpaired) electrons. The molecule has 8 heteroatoms. The van der Waals surface area contributed by atoms with Gasteiger partial charge in [0.05, 0.1) is 29.5 Å². The molecule has 6 nitrogen and oxygen atoms in total. The standard InChI is InChI=1S/C17H19Cl2NO5/c1-4-6-25-16(22)12-7-11(18)8-14(15(12)19)20-9-13(10(3)21)17(23)24-5-2/h7-9,20H,4-6H2,1-3H3. The van der Waals surface area contributed by atoms with Gasteiger partial charge in [-0.1, -0.05) is 30.1 Å². The minimum Gasteiger partial charge on any atom is -0.462 e. The van der Waals surface area contributed by atoms with E-state index in [1.165, 1.54) is 25.3 Å². The molecular formula is C17H19Cl2NO5. The molecule has 1 aromatic rings. The van der Waals surface area contributed by atoms with Crippen molar-refractivity contribution in [3.63, 3.8) is 0 Å². The van der Waals surface area contributed by atoms with Gasteiger partial charge in [0.15, 0.2) is 5.78 Å². The monoisotopic (exact) mass is 387 g/mol. The number of esters is 2. The van der Waals surface area contributed by atoms with Gasteiger partial charge in [-0.15, -0.1) is 0 Å². The first-order valence-electron chi connectivity index (χ1n) is 7.62. The lowest BCUT2D eigenvalue weighted by Gasteiger charge is -2.11. The maximum atomic E-state index is 12.0. The average molecular weight is 388 g/mol. The van der Waals surface area contributed by atoms with Crippen LogP contribution in [0.3, 0.4) is 0 Å². The third-order valence-corrected chi connectivity index (χ3v) is 3.57. The molecule has 136 valence electrons. The Morgan fingerprint density at radius 1 is 1.16 bits per heavy atom. The second-order valence-electron chi connectivity index (χ2n) is 4.93. The summed E-state index contributed by atoms with van der Waals surface area (Å²) in [4.78, 5) is 35.4. The highest BCUT2D eigenvalue weighted by molar-refractivity contribution is 6.38. The Morgan fingerprint density at radius 2 is 1.84 bits per heavy atom. The van der Waals surface area contributed by atoms with E-state index in [-0.39, 0.29) is 40.1 Å². The van der Waals surface area contributed by atoms with Crippen LogP contribution in [0.4, 0.5) is 5.69 Å². The van der Waals surface area contributed by atoms with Crippen LogP contribution >= 0.6 is 23.2 Å². The molecule has 1 aromatic carbocycles. The lowest BCUT2D eigenvalue weighted by atomic mass is 10.2. The number of hydrogen-bond donors (Lipinski definition) is 1. The summed E-state index contributed by atoms with van der Waals surface area (Å²) in [6, 6.07) is 2.84. The summed E-state index contributed by atoms with van der Waals surface area (Å²) in [7, 11) is 0. The lowest BCUT2D eigenvalue weighted by molar-refractivity contribution is -0.139. The molecule has 0 atom stereocenters. The Hall–Kier alpha value is -2.05. The van der Waals surface area contributed by atoms with Crippen LogP contribution in [0.25, 0.3) is 0 Å². The van der Waals surface area contributed by atoms with E-state index in [2.05, 4.69) is 5.32 Å². The first-order chi connectivity index (χ1) is 11.8. The Kier molecular flexibility index (Phi) is 8.45. The third kappa shape index (κ3) is 6.07. The average Bonchev–Trinajstić information content (AvgIpc) is 2.55. The van der Waals surface area contributed by atoms with Gasteiger partial charge in [-0.2, -0.15) is 0 Å². The van der Waals surface area contributed by atoms with Gasteiger partial charge in [0.2, 0.25) is 0 Å². The molecule has 0 bridgehead atoms. The smallest absolute Gasteiger partial charge is 0.343 e. The number of hydrogen-bond acceptors (Lipinski definition) is 6. The molecule has 0 fully saturated rings. The van der Waals surface area contributed by atoms with Crippen LogP contribution in [0.15, 0.2) is 23.9 Å². The van der Waals surface area contributed by atoms with E-state index in [1.807, 2.05) is 6.92 Å². The van der Waals surface area contributed by atoms with Gasteiger partial charge in [0.25, 0.3) is 0 Å². The molecule has 0 heterocycles. The summed E-state index contributed by atoms with van der Waals surface area (Å²) in [6.45, 7) is 5.11. The highest BCUT2D eigenvalue weighted by atomic mass is 35.5. The van der Waals surface area contributed by atoms with Crippen LogP contribution in [0, 0.1) is 0 Å². The quantitative estimate of drug-likeness (QED) is 0.314. The minimum absolute atomic E-state index is 0.0634. The van der Waals surface area contributed by atoms with E-state index >= 15 is 0 Å². The highest BCUT2D eigenvalue weighted by Gasteiger charge is 2.18. The van der Waals surface area contributed by atoms with Crippen LogP contribution in [0.5, 0.6) is 0 Å². The molecule has 0 unspecified atom stereocenters. The molecule has 0 amide bonds. The van der Waals surface area contributed by atoms with E-state index in [9.17, 15) is 14.4 Å². The number of Topliss-reactive ketones (excluding diaryl/α,β-unsaturated/α-hetero) is 1. The van der Waals surface area contributed by atoms with E-state index < -0.39 is 17.7 Å². The Balaban J connectivity index is 3.14.